The maximum absolute atomic E-state index is 11.3. The summed E-state index contributed by atoms with van der Waals surface area (Å²) in [6, 6.07) is 0. The van der Waals surface area contributed by atoms with Crippen molar-refractivity contribution in [2.24, 2.45) is 16.1 Å². The van der Waals surface area contributed by atoms with Gasteiger partial charge in [0.15, 0.2) is 5.96 Å². The van der Waals surface area contributed by atoms with E-state index in [-0.39, 0.29) is 34.6 Å². The molecule has 124 valence electrons. The Hall–Kier alpha value is -0.180. The molecule has 0 aromatic carbocycles. The number of guanidine groups is 1. The van der Waals surface area contributed by atoms with E-state index >= 15 is 0 Å². The Morgan fingerprint density at radius 2 is 2.10 bits per heavy atom. The van der Waals surface area contributed by atoms with Gasteiger partial charge >= 0.3 is 0 Å². The van der Waals surface area contributed by atoms with E-state index in [1.165, 1.54) is 18.6 Å². The van der Waals surface area contributed by atoms with E-state index in [4.69, 9.17) is 5.73 Å². The molecule has 0 aromatic rings. The zero-order chi connectivity index (χ0) is 15.2. The minimum absolute atomic E-state index is 0. The summed E-state index contributed by atoms with van der Waals surface area (Å²) in [4.78, 5) is 15.8. The van der Waals surface area contributed by atoms with Gasteiger partial charge < -0.3 is 16.4 Å². The molecule has 1 aliphatic rings. The first-order valence-corrected chi connectivity index (χ1v) is 8.24. The molecule has 0 spiro atoms. The molecule has 21 heavy (non-hydrogen) atoms. The second-order valence-corrected chi connectivity index (χ2v) is 7.88. The maximum Gasteiger partial charge on any atom is 0.224 e. The average Bonchev–Trinajstić information content (AvgIpc) is 2.80. The summed E-state index contributed by atoms with van der Waals surface area (Å²) in [5.74, 6) is 1.67. The fourth-order valence-corrected chi connectivity index (χ4v) is 3.19. The van der Waals surface area contributed by atoms with Crippen molar-refractivity contribution >= 4 is 47.6 Å². The van der Waals surface area contributed by atoms with Crippen molar-refractivity contribution in [3.05, 3.63) is 0 Å². The van der Waals surface area contributed by atoms with Crippen molar-refractivity contribution < 1.29 is 4.79 Å². The van der Waals surface area contributed by atoms with Crippen LogP contribution in [0, 0.1) is 5.41 Å². The van der Waals surface area contributed by atoms with E-state index in [0.717, 1.165) is 19.0 Å². The van der Waals surface area contributed by atoms with Gasteiger partial charge in [0.2, 0.25) is 5.91 Å². The van der Waals surface area contributed by atoms with Crippen LogP contribution >= 0.6 is 35.7 Å². The Kier molecular flexibility index (Phi) is 8.99. The van der Waals surface area contributed by atoms with Gasteiger partial charge in [0.05, 0.1) is 12.0 Å². The molecule has 1 fully saturated rings. The maximum atomic E-state index is 11.3. The molecule has 4 N–H and O–H groups in total. The zero-order valence-corrected chi connectivity index (χ0v) is 16.6. The van der Waals surface area contributed by atoms with E-state index in [1.807, 2.05) is 32.5 Å². The number of rotatable bonds is 6. The number of carbonyl (C=O) groups is 1. The predicted molar refractivity (Wildman–Crippen MR) is 102 cm³/mol. The van der Waals surface area contributed by atoms with E-state index in [0.29, 0.717) is 6.54 Å². The summed E-state index contributed by atoms with van der Waals surface area (Å²) in [5.41, 5.74) is 4.76. The highest BCUT2D eigenvalue weighted by Gasteiger charge is 2.29. The van der Waals surface area contributed by atoms with Crippen LogP contribution < -0.4 is 16.4 Å². The molecule has 0 saturated carbocycles. The largest absolute Gasteiger partial charge is 0.369 e. The Labute approximate surface area is 149 Å². The molecule has 0 aliphatic carbocycles. The summed E-state index contributed by atoms with van der Waals surface area (Å²) >= 11 is 2.01. The quantitative estimate of drug-likeness (QED) is 0.343. The number of halogens is 1. The first-order valence-electron chi connectivity index (χ1n) is 7.25. The number of nitrogens with two attached hydrogens (primary N) is 1. The first kappa shape index (κ1) is 20.8. The summed E-state index contributed by atoms with van der Waals surface area (Å²) in [7, 11) is 0. The summed E-state index contributed by atoms with van der Waals surface area (Å²) < 4.78 is 0.287. The Morgan fingerprint density at radius 3 is 2.57 bits per heavy atom. The highest BCUT2D eigenvalue weighted by Crippen LogP contribution is 2.36. The lowest BCUT2D eigenvalue weighted by molar-refractivity contribution is -0.125. The number of amides is 1. The van der Waals surface area contributed by atoms with Crippen molar-refractivity contribution in [2.45, 2.75) is 45.3 Å². The van der Waals surface area contributed by atoms with Crippen LogP contribution in [0.3, 0.4) is 0 Å². The van der Waals surface area contributed by atoms with Gasteiger partial charge in [0.25, 0.3) is 0 Å². The number of hydrogen-bond acceptors (Lipinski definition) is 3. The van der Waals surface area contributed by atoms with Crippen LogP contribution in [-0.4, -0.2) is 42.0 Å². The third kappa shape index (κ3) is 7.08. The number of primary amides is 1. The van der Waals surface area contributed by atoms with Crippen molar-refractivity contribution in [1.29, 1.82) is 0 Å². The second kappa shape index (κ2) is 9.07. The Bertz CT molecular complexity index is 368. The van der Waals surface area contributed by atoms with Crippen molar-refractivity contribution in [1.82, 2.24) is 10.6 Å². The van der Waals surface area contributed by atoms with Crippen LogP contribution in [0.25, 0.3) is 0 Å². The summed E-state index contributed by atoms with van der Waals surface area (Å²) in [6.07, 6.45) is 2.52. The Morgan fingerprint density at radius 1 is 1.43 bits per heavy atom. The van der Waals surface area contributed by atoms with Gasteiger partial charge in [0, 0.05) is 17.8 Å². The van der Waals surface area contributed by atoms with Crippen molar-refractivity contribution in [2.75, 3.05) is 25.4 Å². The molecule has 5 nitrogen and oxygen atoms in total. The van der Waals surface area contributed by atoms with Gasteiger partial charge in [-0.1, -0.05) is 0 Å². The van der Waals surface area contributed by atoms with Crippen LogP contribution in [0.1, 0.15) is 40.5 Å². The fraction of sp³-hybridized carbons (Fsp3) is 0.857. The molecule has 0 radical (unpaired) electrons. The highest BCUT2D eigenvalue weighted by atomic mass is 127. The number of nitrogens with zero attached hydrogens (tertiary/aromatic N) is 1. The minimum atomic E-state index is -0.617. The molecule has 1 atom stereocenters. The number of carbonyl (C=O) groups excluding carboxylic acids is 1. The molecular weight excluding hydrogens is 399 g/mol. The Balaban J connectivity index is 0.00000400. The number of hydrogen-bond donors (Lipinski definition) is 3. The molecule has 1 rings (SSSR count). The SMILES string of the molecule is CCNC(=NCC(C)(C)C(N)=O)NCC1(C)CCCS1.I. The van der Waals surface area contributed by atoms with Crippen LogP contribution in [-0.2, 0) is 4.79 Å². The average molecular weight is 428 g/mol. The van der Waals surface area contributed by atoms with Crippen molar-refractivity contribution in [3.8, 4) is 0 Å². The highest BCUT2D eigenvalue weighted by molar-refractivity contribution is 14.0. The topological polar surface area (TPSA) is 79.5 Å². The predicted octanol–water partition coefficient (Wildman–Crippen LogP) is 1.96. The first-order chi connectivity index (χ1) is 9.29. The van der Waals surface area contributed by atoms with Crippen LogP contribution in [0.4, 0.5) is 0 Å². The van der Waals surface area contributed by atoms with E-state index in [9.17, 15) is 4.79 Å². The smallest absolute Gasteiger partial charge is 0.224 e. The van der Waals surface area contributed by atoms with Gasteiger partial charge in [0.1, 0.15) is 0 Å². The minimum Gasteiger partial charge on any atom is -0.369 e. The van der Waals surface area contributed by atoms with E-state index in [1.54, 1.807) is 0 Å². The third-order valence-corrected chi connectivity index (χ3v) is 5.11. The monoisotopic (exact) mass is 428 g/mol. The van der Waals surface area contributed by atoms with Crippen molar-refractivity contribution in [3.63, 3.8) is 0 Å². The third-order valence-electron chi connectivity index (χ3n) is 3.57. The zero-order valence-electron chi connectivity index (χ0n) is 13.5. The fourth-order valence-electron chi connectivity index (χ4n) is 1.94. The van der Waals surface area contributed by atoms with E-state index < -0.39 is 5.41 Å². The number of aliphatic imine (C=N–C) groups is 1. The molecule has 1 amide bonds. The van der Waals surface area contributed by atoms with E-state index in [2.05, 4.69) is 22.5 Å². The van der Waals surface area contributed by atoms with Crippen LogP contribution in [0.5, 0.6) is 0 Å². The molecule has 1 unspecified atom stereocenters. The number of thioether (sulfide) groups is 1. The lowest BCUT2D eigenvalue weighted by Crippen LogP contribution is -2.44. The lowest BCUT2D eigenvalue weighted by atomic mass is 9.93. The molecule has 0 aromatic heterocycles. The molecule has 1 saturated heterocycles. The molecular formula is C14H29IN4OS. The molecule has 7 heteroatoms. The lowest BCUT2D eigenvalue weighted by Gasteiger charge is -2.25. The molecule has 1 heterocycles. The van der Waals surface area contributed by atoms with Gasteiger partial charge in [-0.2, -0.15) is 11.8 Å². The van der Waals surface area contributed by atoms with Crippen LogP contribution in [0.2, 0.25) is 0 Å². The summed E-state index contributed by atoms with van der Waals surface area (Å²) in [6.45, 7) is 10.0. The van der Waals surface area contributed by atoms with Crippen LogP contribution in [0.15, 0.2) is 4.99 Å². The van der Waals surface area contributed by atoms with Gasteiger partial charge in [-0.05, 0) is 46.3 Å². The summed E-state index contributed by atoms with van der Waals surface area (Å²) in [5, 5.41) is 6.59. The van der Waals surface area contributed by atoms with Gasteiger partial charge in [-0.25, -0.2) is 0 Å². The number of nitrogens with one attached hydrogen (secondary N) is 2. The standard InChI is InChI=1S/C14H28N4OS.HI/c1-5-16-12(17-9-13(2,3)11(15)19)18-10-14(4)7-6-8-20-14;/h5-10H2,1-4H3,(H2,15,19)(H2,16,17,18);1H. The van der Waals surface area contributed by atoms with Gasteiger partial charge in [-0.3, -0.25) is 9.79 Å². The molecule has 1 aliphatic heterocycles. The normalized spacial score (nSPS) is 22.6. The van der Waals surface area contributed by atoms with Gasteiger partial charge in [-0.15, -0.1) is 24.0 Å². The second-order valence-electron chi connectivity index (χ2n) is 6.20. The molecule has 0 bridgehead atoms.